The number of para-hydroxylation sites is 1. The molecule has 2 aromatic heterocycles. The van der Waals surface area contributed by atoms with E-state index >= 15 is 0 Å². The maximum atomic E-state index is 14.6. The number of esters is 1. The van der Waals surface area contributed by atoms with E-state index in [1.165, 1.54) is 17.8 Å². The first-order valence-corrected chi connectivity index (χ1v) is 15.7. The number of nitrogens with two attached hydrogens (primary N) is 1. The van der Waals surface area contributed by atoms with Crippen LogP contribution in [0.4, 0.5) is 16.2 Å². The summed E-state index contributed by atoms with van der Waals surface area (Å²) in [5.41, 5.74) is 6.52. The number of aliphatic hydroxyl groups is 1. The zero-order chi connectivity index (χ0) is 30.9. The largest absolute Gasteiger partial charge is 0.462 e. The summed E-state index contributed by atoms with van der Waals surface area (Å²) in [6.45, 7) is 3.01. The number of nitrogens with one attached hydrogen (secondary N) is 2. The first-order valence-electron chi connectivity index (χ1n) is 13.7. The van der Waals surface area contributed by atoms with Gasteiger partial charge in [0, 0.05) is 6.04 Å². The smallest absolute Gasteiger partial charge is 0.459 e. The molecule has 1 saturated heterocycles. The molecule has 5 N–H and O–H groups in total. The van der Waals surface area contributed by atoms with Gasteiger partial charge in [0.1, 0.15) is 35.5 Å². The van der Waals surface area contributed by atoms with E-state index in [9.17, 15) is 18.9 Å². The number of fused-ring (bicyclic) bond motifs is 1. The highest BCUT2D eigenvalue weighted by Crippen LogP contribution is 2.49. The molecule has 2 aliphatic rings. The van der Waals surface area contributed by atoms with Gasteiger partial charge in [-0.25, -0.2) is 13.9 Å². The highest BCUT2D eigenvalue weighted by atomic mass is 35.5. The Hall–Kier alpha value is -3.07. The van der Waals surface area contributed by atoms with Crippen LogP contribution >= 0.6 is 19.3 Å². The van der Waals surface area contributed by atoms with Crippen molar-refractivity contribution in [3.8, 4) is 5.75 Å². The number of hydrogen-bond donors (Lipinski definition) is 4. The van der Waals surface area contributed by atoms with Crippen LogP contribution in [0, 0.1) is 0 Å². The van der Waals surface area contributed by atoms with Crippen molar-refractivity contribution in [1.29, 1.82) is 0 Å². The Morgan fingerprint density at radius 2 is 2.02 bits per heavy atom. The number of benzene rings is 1. The van der Waals surface area contributed by atoms with Crippen LogP contribution in [-0.4, -0.2) is 79.1 Å². The molecule has 0 bridgehead atoms. The number of rotatable bonds is 13. The van der Waals surface area contributed by atoms with Gasteiger partial charge in [-0.15, -0.1) is 11.6 Å². The molecule has 3 aromatic rings. The predicted molar refractivity (Wildman–Crippen MR) is 155 cm³/mol. The van der Waals surface area contributed by atoms with Gasteiger partial charge < -0.3 is 30.2 Å². The molecule has 3 heterocycles. The van der Waals surface area contributed by atoms with E-state index in [4.69, 9.17) is 35.9 Å². The number of anilines is 2. The average molecular weight is 642 g/mol. The number of carbonyl (C=O) groups is 1. The van der Waals surface area contributed by atoms with Crippen LogP contribution < -0.4 is 20.7 Å². The van der Waals surface area contributed by atoms with E-state index in [1.54, 1.807) is 44.2 Å². The lowest BCUT2D eigenvalue weighted by atomic mass is 10.0. The Morgan fingerprint density at radius 1 is 1.30 bits per heavy atom. The minimum absolute atomic E-state index is 0.0496. The molecule has 1 aromatic carbocycles. The highest BCUT2D eigenvalue weighted by molar-refractivity contribution is 7.52. The summed E-state index contributed by atoms with van der Waals surface area (Å²) in [7, 11) is -4.31. The van der Waals surface area contributed by atoms with Gasteiger partial charge in [0.2, 0.25) is 5.95 Å². The summed E-state index contributed by atoms with van der Waals surface area (Å²) in [5, 5.41) is 16.9. The first kappa shape index (κ1) is 31.4. The molecule has 14 nitrogen and oxygen atoms in total. The fourth-order valence-electron chi connectivity index (χ4n) is 4.51. The SMILES string of the molecule is CC(C)OC(=O)[C@@H](C)N[P@@](=O)(OC[C@H]1O[C@@H](n2cnc3c(NC4CC4)nc(N)nc32)[C@@](Cl)(CF)[C@@H]1O)Oc1ccccc1. The summed E-state index contributed by atoms with van der Waals surface area (Å²) >= 11 is 6.66. The Bertz CT molecular complexity index is 1500. The maximum Gasteiger partial charge on any atom is 0.459 e. The van der Waals surface area contributed by atoms with E-state index < -0.39 is 62.5 Å². The number of halogens is 2. The monoisotopic (exact) mass is 641 g/mol. The summed E-state index contributed by atoms with van der Waals surface area (Å²) < 4.78 is 52.3. The molecule has 1 aliphatic heterocycles. The van der Waals surface area contributed by atoms with Crippen LogP contribution in [0.15, 0.2) is 36.7 Å². The number of nitrogens with zero attached hydrogens (tertiary/aromatic N) is 4. The molecule has 43 heavy (non-hydrogen) atoms. The van der Waals surface area contributed by atoms with E-state index in [0.717, 1.165) is 12.8 Å². The molecular formula is C26H34ClFN7O7P. The lowest BCUT2D eigenvalue weighted by molar-refractivity contribution is -0.149. The molecule has 1 aliphatic carbocycles. The van der Waals surface area contributed by atoms with E-state index in [-0.39, 0.29) is 23.4 Å². The molecule has 0 unspecified atom stereocenters. The fraction of sp³-hybridized carbons (Fsp3) is 0.538. The van der Waals surface area contributed by atoms with Gasteiger partial charge in [-0.3, -0.25) is 13.9 Å². The number of aliphatic hydroxyl groups excluding tert-OH is 1. The second-order valence-electron chi connectivity index (χ2n) is 10.7. The van der Waals surface area contributed by atoms with Gasteiger partial charge in [0.15, 0.2) is 23.2 Å². The molecular weight excluding hydrogens is 608 g/mol. The maximum absolute atomic E-state index is 14.6. The van der Waals surface area contributed by atoms with Gasteiger partial charge in [-0.1, -0.05) is 18.2 Å². The Balaban J connectivity index is 1.38. The van der Waals surface area contributed by atoms with Gasteiger partial charge in [-0.05, 0) is 45.7 Å². The number of carbonyl (C=O) groups excluding carboxylic acids is 1. The van der Waals surface area contributed by atoms with Crippen LogP contribution in [0.5, 0.6) is 5.75 Å². The molecule has 1 saturated carbocycles. The van der Waals surface area contributed by atoms with Gasteiger partial charge >= 0.3 is 13.7 Å². The second-order valence-corrected chi connectivity index (χ2v) is 13.1. The van der Waals surface area contributed by atoms with Crippen LogP contribution in [0.3, 0.4) is 0 Å². The summed E-state index contributed by atoms with van der Waals surface area (Å²) in [6, 6.07) is 7.28. The van der Waals surface area contributed by atoms with Crippen molar-refractivity contribution in [2.45, 2.75) is 75.1 Å². The Morgan fingerprint density at radius 3 is 2.67 bits per heavy atom. The van der Waals surface area contributed by atoms with Crippen molar-refractivity contribution in [2.75, 3.05) is 24.3 Å². The minimum Gasteiger partial charge on any atom is -0.462 e. The van der Waals surface area contributed by atoms with Crippen molar-refractivity contribution in [1.82, 2.24) is 24.6 Å². The lowest BCUT2D eigenvalue weighted by Gasteiger charge is -2.27. The fourth-order valence-corrected chi connectivity index (χ4v) is 6.31. The third-order valence-corrected chi connectivity index (χ3v) is 8.96. The van der Waals surface area contributed by atoms with Gasteiger partial charge in [0.05, 0.1) is 19.0 Å². The number of nitrogen functional groups attached to an aromatic ring is 1. The van der Waals surface area contributed by atoms with Crippen molar-refractivity contribution >= 4 is 48.2 Å². The summed E-state index contributed by atoms with van der Waals surface area (Å²) in [6.07, 6.45) is -1.37. The highest BCUT2D eigenvalue weighted by Gasteiger charge is 2.57. The molecule has 2 fully saturated rings. The predicted octanol–water partition coefficient (Wildman–Crippen LogP) is 3.32. The zero-order valence-corrected chi connectivity index (χ0v) is 25.4. The molecule has 0 spiro atoms. The van der Waals surface area contributed by atoms with Crippen molar-refractivity contribution < 1.29 is 37.4 Å². The summed E-state index contributed by atoms with van der Waals surface area (Å²) in [4.78, 5) is 23.3. The Labute approximate surface area is 252 Å². The normalized spacial score (nSPS) is 25.9. The number of alkyl halides is 2. The Kier molecular flexibility index (Phi) is 9.12. The zero-order valence-electron chi connectivity index (χ0n) is 23.7. The van der Waals surface area contributed by atoms with Gasteiger partial charge in [0.25, 0.3) is 0 Å². The molecule has 6 atom stereocenters. The molecule has 17 heteroatoms. The van der Waals surface area contributed by atoms with Gasteiger partial charge in [-0.2, -0.15) is 15.1 Å². The molecule has 234 valence electrons. The van der Waals surface area contributed by atoms with E-state index in [2.05, 4.69) is 25.4 Å². The van der Waals surface area contributed by atoms with E-state index in [0.29, 0.717) is 11.3 Å². The van der Waals surface area contributed by atoms with Crippen molar-refractivity contribution in [2.24, 2.45) is 0 Å². The van der Waals surface area contributed by atoms with Crippen LogP contribution in [0.25, 0.3) is 11.2 Å². The number of aromatic nitrogens is 4. The van der Waals surface area contributed by atoms with Crippen molar-refractivity contribution in [3.63, 3.8) is 0 Å². The molecule has 5 rings (SSSR count). The number of hydrogen-bond acceptors (Lipinski definition) is 12. The molecule has 0 radical (unpaired) electrons. The van der Waals surface area contributed by atoms with Crippen molar-refractivity contribution in [3.05, 3.63) is 36.7 Å². The van der Waals surface area contributed by atoms with Crippen LogP contribution in [-0.2, 0) is 23.4 Å². The van der Waals surface area contributed by atoms with Crippen LogP contribution in [0.2, 0.25) is 0 Å². The number of ether oxygens (including phenoxy) is 2. The lowest BCUT2D eigenvalue weighted by Crippen LogP contribution is -2.44. The topological polar surface area (TPSA) is 185 Å². The standard InChI is InChI=1S/C26H34ClFN7O7P/c1-14(2)40-23(37)15(3)34-43(38,42-17-7-5-4-6-8-17)39-11-18-20(36)26(27,12-28)24(41-18)35-13-30-19-21(31-16-9-10-16)32-25(29)33-22(19)35/h4-8,13-16,18,20,24,36H,9-12H2,1-3H3,(H,34,38)(H3,29,31,32,33)/t15-,18-,20-,24-,26-,43-/m1/s1. The average Bonchev–Trinajstić information content (AvgIpc) is 3.62. The first-order chi connectivity index (χ1) is 20.4. The third kappa shape index (κ3) is 6.87. The van der Waals surface area contributed by atoms with Crippen LogP contribution in [0.1, 0.15) is 39.8 Å². The second kappa shape index (κ2) is 12.5. The third-order valence-electron chi connectivity index (χ3n) is 6.81. The minimum atomic E-state index is -4.31. The summed E-state index contributed by atoms with van der Waals surface area (Å²) in [5.74, 6) is -0.139. The van der Waals surface area contributed by atoms with E-state index in [1.807, 2.05) is 0 Å². The quantitative estimate of drug-likeness (QED) is 0.121. The molecule has 0 amide bonds. The number of imidazole rings is 1.